The predicted octanol–water partition coefficient (Wildman–Crippen LogP) is 4.61. The third-order valence-electron chi connectivity index (χ3n) is 5.74. The van der Waals surface area contributed by atoms with Crippen molar-refractivity contribution in [2.75, 3.05) is 0 Å². The number of rotatable bonds is 4. The highest BCUT2D eigenvalue weighted by Crippen LogP contribution is 2.52. The van der Waals surface area contributed by atoms with Crippen LogP contribution in [0.2, 0.25) is 0 Å². The highest BCUT2D eigenvalue weighted by Gasteiger charge is 2.48. The van der Waals surface area contributed by atoms with E-state index in [1.54, 1.807) is 12.1 Å². The van der Waals surface area contributed by atoms with Crippen molar-refractivity contribution in [3.63, 3.8) is 0 Å². The van der Waals surface area contributed by atoms with Gasteiger partial charge in [0.05, 0.1) is 0 Å². The Morgan fingerprint density at radius 1 is 1.17 bits per heavy atom. The number of aldehydes is 2. The monoisotopic (exact) mass is 316 g/mol. The van der Waals surface area contributed by atoms with E-state index in [1.165, 1.54) is 0 Å². The Balaban J connectivity index is 2.65. The highest BCUT2D eigenvalue weighted by molar-refractivity contribution is 5.80. The summed E-state index contributed by atoms with van der Waals surface area (Å²) in [6.45, 7) is 10.3. The standard InChI is InChI=1S/C20H28O3/c1-13(2)15-9-14(11-21)16(10-17(15)23)20(5)8-6-7-19(3,4)18(20)12-22/h9-13,18,23H,6-8H2,1-5H3/t18-,20+/m1/s1. The van der Waals surface area contributed by atoms with Crippen LogP contribution in [0, 0.1) is 11.3 Å². The van der Waals surface area contributed by atoms with E-state index in [0.717, 1.165) is 43.0 Å². The Bertz CT molecular complexity index is 616. The fourth-order valence-electron chi connectivity index (χ4n) is 4.40. The maximum atomic E-state index is 11.9. The van der Waals surface area contributed by atoms with E-state index >= 15 is 0 Å². The molecule has 0 heterocycles. The van der Waals surface area contributed by atoms with Crippen molar-refractivity contribution in [2.45, 2.75) is 65.2 Å². The summed E-state index contributed by atoms with van der Waals surface area (Å²) in [6.07, 6.45) is 4.76. The Hall–Kier alpha value is -1.64. The van der Waals surface area contributed by atoms with Crippen LogP contribution >= 0.6 is 0 Å². The van der Waals surface area contributed by atoms with Gasteiger partial charge in [0.15, 0.2) is 0 Å². The number of phenols is 1. The van der Waals surface area contributed by atoms with Gasteiger partial charge >= 0.3 is 0 Å². The molecule has 2 atom stereocenters. The first-order valence-electron chi connectivity index (χ1n) is 8.45. The van der Waals surface area contributed by atoms with Gasteiger partial charge in [-0.05, 0) is 47.4 Å². The van der Waals surface area contributed by atoms with Crippen LogP contribution in [0.25, 0.3) is 0 Å². The van der Waals surface area contributed by atoms with Gasteiger partial charge in [0.1, 0.15) is 18.3 Å². The number of hydrogen-bond donors (Lipinski definition) is 1. The Morgan fingerprint density at radius 2 is 1.83 bits per heavy atom. The second-order valence-corrected chi connectivity index (χ2v) is 8.14. The van der Waals surface area contributed by atoms with Crippen LogP contribution in [0.1, 0.15) is 81.3 Å². The van der Waals surface area contributed by atoms with E-state index in [-0.39, 0.29) is 23.0 Å². The highest BCUT2D eigenvalue weighted by atomic mass is 16.3. The average molecular weight is 316 g/mol. The molecule has 0 aromatic heterocycles. The topological polar surface area (TPSA) is 54.4 Å². The van der Waals surface area contributed by atoms with E-state index in [9.17, 15) is 14.7 Å². The van der Waals surface area contributed by atoms with Crippen molar-refractivity contribution < 1.29 is 14.7 Å². The van der Waals surface area contributed by atoms with Crippen molar-refractivity contribution in [3.8, 4) is 5.75 Å². The fourth-order valence-corrected chi connectivity index (χ4v) is 4.40. The molecule has 126 valence electrons. The van der Waals surface area contributed by atoms with Gasteiger partial charge in [-0.3, -0.25) is 4.79 Å². The molecule has 1 aromatic carbocycles. The average Bonchev–Trinajstić information content (AvgIpc) is 2.46. The molecule has 23 heavy (non-hydrogen) atoms. The van der Waals surface area contributed by atoms with E-state index < -0.39 is 5.41 Å². The first kappa shape index (κ1) is 17.7. The van der Waals surface area contributed by atoms with Crippen LogP contribution in [0.4, 0.5) is 0 Å². The largest absolute Gasteiger partial charge is 0.508 e. The molecular weight excluding hydrogens is 288 g/mol. The number of hydrogen-bond acceptors (Lipinski definition) is 3. The molecule has 0 radical (unpaired) electrons. The van der Waals surface area contributed by atoms with Gasteiger partial charge in [0.25, 0.3) is 0 Å². The smallest absolute Gasteiger partial charge is 0.150 e. The first-order chi connectivity index (χ1) is 10.7. The van der Waals surface area contributed by atoms with Gasteiger partial charge in [-0.15, -0.1) is 0 Å². The number of carbonyl (C=O) groups excluding carboxylic acids is 2. The van der Waals surface area contributed by atoms with E-state index in [4.69, 9.17) is 0 Å². The van der Waals surface area contributed by atoms with Crippen molar-refractivity contribution >= 4 is 12.6 Å². The zero-order chi connectivity index (χ0) is 17.4. The van der Waals surface area contributed by atoms with Gasteiger partial charge in [0, 0.05) is 16.9 Å². The molecule has 0 aliphatic heterocycles. The lowest BCUT2D eigenvalue weighted by atomic mass is 9.54. The van der Waals surface area contributed by atoms with Gasteiger partial charge in [-0.25, -0.2) is 0 Å². The molecule has 0 saturated heterocycles. The second kappa shape index (κ2) is 6.10. The molecule has 1 fully saturated rings. The molecule has 2 rings (SSSR count). The van der Waals surface area contributed by atoms with Crippen LogP contribution in [0.5, 0.6) is 5.75 Å². The van der Waals surface area contributed by atoms with Crippen LogP contribution in [0.15, 0.2) is 12.1 Å². The van der Waals surface area contributed by atoms with Crippen molar-refractivity contribution in [1.82, 2.24) is 0 Å². The number of carbonyl (C=O) groups is 2. The number of aromatic hydroxyl groups is 1. The van der Waals surface area contributed by atoms with Crippen LogP contribution in [0.3, 0.4) is 0 Å². The summed E-state index contributed by atoms with van der Waals surface area (Å²) in [6, 6.07) is 3.51. The molecule has 0 bridgehead atoms. The third-order valence-corrected chi connectivity index (χ3v) is 5.74. The van der Waals surface area contributed by atoms with Gasteiger partial charge in [0.2, 0.25) is 0 Å². The minimum atomic E-state index is -0.424. The lowest BCUT2D eigenvalue weighted by Crippen LogP contribution is -2.46. The predicted molar refractivity (Wildman–Crippen MR) is 92.1 cm³/mol. The molecule has 1 aliphatic carbocycles. The maximum Gasteiger partial charge on any atom is 0.150 e. The summed E-state index contributed by atoms with van der Waals surface area (Å²) in [5.74, 6) is 0.182. The van der Waals surface area contributed by atoms with Crippen molar-refractivity contribution in [1.29, 1.82) is 0 Å². The summed E-state index contributed by atoms with van der Waals surface area (Å²) < 4.78 is 0. The number of benzene rings is 1. The maximum absolute atomic E-state index is 11.9. The van der Waals surface area contributed by atoms with Crippen LogP contribution in [-0.4, -0.2) is 17.7 Å². The fraction of sp³-hybridized carbons (Fsp3) is 0.600. The summed E-state index contributed by atoms with van der Waals surface area (Å²) in [5, 5.41) is 10.4. The Labute approximate surface area is 139 Å². The zero-order valence-corrected chi connectivity index (χ0v) is 14.8. The normalized spacial score (nSPS) is 27.0. The first-order valence-corrected chi connectivity index (χ1v) is 8.45. The van der Waals surface area contributed by atoms with E-state index in [1.807, 2.05) is 13.8 Å². The number of phenolic OH excluding ortho intramolecular Hbond substituents is 1. The third kappa shape index (κ3) is 2.93. The van der Waals surface area contributed by atoms with Crippen LogP contribution < -0.4 is 0 Å². The quantitative estimate of drug-likeness (QED) is 0.825. The van der Waals surface area contributed by atoms with Gasteiger partial charge in [-0.2, -0.15) is 0 Å². The SMILES string of the molecule is CC(C)c1cc(C=O)c([C@]2(C)CCCC(C)(C)[C@H]2C=O)cc1O. The molecule has 3 heteroatoms. The molecule has 1 N–H and O–H groups in total. The summed E-state index contributed by atoms with van der Waals surface area (Å²) in [7, 11) is 0. The molecular formula is C20H28O3. The molecule has 1 aromatic rings. The van der Waals surface area contributed by atoms with Gasteiger partial charge in [-0.1, -0.05) is 41.0 Å². The molecule has 1 aliphatic rings. The molecule has 0 amide bonds. The minimum Gasteiger partial charge on any atom is -0.508 e. The summed E-state index contributed by atoms with van der Waals surface area (Å²) >= 11 is 0. The minimum absolute atomic E-state index is 0.110. The second-order valence-electron chi connectivity index (χ2n) is 8.14. The van der Waals surface area contributed by atoms with Crippen LogP contribution in [-0.2, 0) is 10.2 Å². The Morgan fingerprint density at radius 3 is 2.35 bits per heavy atom. The van der Waals surface area contributed by atoms with Crippen molar-refractivity contribution in [3.05, 3.63) is 28.8 Å². The van der Waals surface area contributed by atoms with E-state index in [0.29, 0.717) is 5.56 Å². The lowest BCUT2D eigenvalue weighted by Gasteiger charge is -2.49. The summed E-state index contributed by atoms with van der Waals surface area (Å²) in [5.41, 5.74) is 1.64. The molecule has 0 unspecified atom stereocenters. The van der Waals surface area contributed by atoms with Crippen molar-refractivity contribution in [2.24, 2.45) is 11.3 Å². The molecule has 0 spiro atoms. The van der Waals surface area contributed by atoms with Gasteiger partial charge < -0.3 is 9.90 Å². The molecule has 3 nitrogen and oxygen atoms in total. The zero-order valence-electron chi connectivity index (χ0n) is 14.8. The summed E-state index contributed by atoms with van der Waals surface area (Å²) in [4.78, 5) is 23.6. The van der Waals surface area contributed by atoms with E-state index in [2.05, 4.69) is 20.8 Å². The molecule has 1 saturated carbocycles. The lowest BCUT2D eigenvalue weighted by molar-refractivity contribution is -0.119. The Kier molecular flexibility index (Phi) is 4.70.